The van der Waals surface area contributed by atoms with Crippen LogP contribution in [0.1, 0.15) is 40.3 Å². The zero-order valence-electron chi connectivity index (χ0n) is 14.8. The number of Topliss-reactive ketones (excluding diaryl/α,β-unsaturated/α-hetero) is 1. The van der Waals surface area contributed by atoms with E-state index >= 15 is 0 Å². The molecule has 0 spiro atoms. The molecule has 5 heteroatoms. The lowest BCUT2D eigenvalue weighted by Crippen LogP contribution is -2.30. The Bertz CT molecular complexity index is 1190. The number of nitrogens with zero attached hydrogens (tertiary/aromatic N) is 2. The Morgan fingerprint density at radius 3 is 2.41 bits per heavy atom. The van der Waals surface area contributed by atoms with E-state index in [4.69, 9.17) is 0 Å². The number of rotatable bonds is 1. The van der Waals surface area contributed by atoms with Gasteiger partial charge < -0.3 is 0 Å². The zero-order valence-corrected chi connectivity index (χ0v) is 16.4. The number of allylic oxidation sites excluding steroid dienone is 1. The monoisotopic (exact) mass is 418 g/mol. The van der Waals surface area contributed by atoms with Crippen molar-refractivity contribution in [3.8, 4) is 0 Å². The predicted molar refractivity (Wildman–Crippen MR) is 109 cm³/mol. The van der Waals surface area contributed by atoms with Gasteiger partial charge in [0.2, 0.25) is 0 Å². The lowest BCUT2D eigenvalue weighted by atomic mass is 9.78. The molecule has 0 saturated heterocycles. The molecule has 0 radical (unpaired) electrons. The molecule has 4 nitrogen and oxygen atoms in total. The largest absolute Gasteiger partial charge is 0.291 e. The van der Waals surface area contributed by atoms with Crippen LogP contribution in [0.4, 0.5) is 5.69 Å². The predicted octanol–water partition coefficient (Wildman–Crippen LogP) is 5.22. The number of benzene rings is 2. The van der Waals surface area contributed by atoms with Crippen LogP contribution in [0.15, 0.2) is 59.1 Å². The molecule has 0 atom stereocenters. The zero-order chi connectivity index (χ0) is 18.9. The fourth-order valence-electron chi connectivity index (χ4n) is 3.88. The fraction of sp³-hybridized carbons (Fsp3) is 0.136. The van der Waals surface area contributed by atoms with Crippen molar-refractivity contribution in [2.75, 3.05) is 4.90 Å². The molecule has 0 unspecified atom stereocenters. The summed E-state index contributed by atoms with van der Waals surface area (Å²) in [6.45, 7) is 3.73. The lowest BCUT2D eigenvalue weighted by molar-refractivity contribution is 0.0877. The van der Waals surface area contributed by atoms with Crippen molar-refractivity contribution in [2.45, 2.75) is 13.8 Å². The smallest absolute Gasteiger partial charge is 0.264 e. The SMILES string of the molecule is CC1(C)C=C2c3c(nc4ccccc4c3C(=O)N2c2ccc(Br)cc2)C1=O. The van der Waals surface area contributed by atoms with E-state index in [1.807, 2.05) is 68.5 Å². The first-order valence-electron chi connectivity index (χ1n) is 8.69. The molecule has 2 aromatic carbocycles. The molecular formula is C22H15BrN2O2. The van der Waals surface area contributed by atoms with E-state index < -0.39 is 5.41 Å². The normalized spacial score (nSPS) is 17.3. The molecule has 0 fully saturated rings. The van der Waals surface area contributed by atoms with Crippen molar-refractivity contribution in [1.29, 1.82) is 0 Å². The number of halogens is 1. The number of carbonyl (C=O) groups excluding carboxylic acids is 2. The second kappa shape index (κ2) is 5.36. The summed E-state index contributed by atoms with van der Waals surface area (Å²) in [6.07, 6.45) is 1.89. The molecule has 1 aliphatic heterocycles. The molecule has 5 rings (SSSR count). The number of hydrogen-bond acceptors (Lipinski definition) is 3. The maximum atomic E-state index is 13.5. The van der Waals surface area contributed by atoms with Crippen molar-refractivity contribution < 1.29 is 9.59 Å². The molecule has 1 aromatic heterocycles. The first-order chi connectivity index (χ1) is 12.9. The van der Waals surface area contributed by atoms with E-state index in [0.29, 0.717) is 22.3 Å². The number of ketones is 1. The number of carbonyl (C=O) groups is 2. The van der Waals surface area contributed by atoms with Crippen LogP contribution in [-0.4, -0.2) is 16.7 Å². The fourth-order valence-corrected chi connectivity index (χ4v) is 4.14. The average molecular weight is 419 g/mol. The molecule has 1 aliphatic carbocycles. The minimum atomic E-state index is -0.729. The highest BCUT2D eigenvalue weighted by Gasteiger charge is 2.45. The molecule has 2 aliphatic rings. The number of amides is 1. The van der Waals surface area contributed by atoms with Gasteiger partial charge in [-0.05, 0) is 50.3 Å². The minimum absolute atomic E-state index is 0.0568. The van der Waals surface area contributed by atoms with Gasteiger partial charge in [0.25, 0.3) is 5.91 Å². The van der Waals surface area contributed by atoms with Crippen LogP contribution in [0.3, 0.4) is 0 Å². The Balaban J connectivity index is 1.88. The highest BCUT2D eigenvalue weighted by molar-refractivity contribution is 9.10. The van der Waals surface area contributed by atoms with E-state index in [-0.39, 0.29) is 11.7 Å². The Morgan fingerprint density at radius 2 is 1.67 bits per heavy atom. The Hall–Kier alpha value is -2.79. The van der Waals surface area contributed by atoms with Crippen LogP contribution in [0.5, 0.6) is 0 Å². The molecule has 1 amide bonds. The van der Waals surface area contributed by atoms with Crippen molar-refractivity contribution in [3.63, 3.8) is 0 Å². The second-order valence-electron chi connectivity index (χ2n) is 7.42. The van der Waals surface area contributed by atoms with Gasteiger partial charge in [0.1, 0.15) is 5.69 Å². The van der Waals surface area contributed by atoms with Gasteiger partial charge in [0.05, 0.1) is 16.8 Å². The average Bonchev–Trinajstić information content (AvgIpc) is 2.93. The van der Waals surface area contributed by atoms with Gasteiger partial charge in [-0.3, -0.25) is 14.5 Å². The standard InChI is InChI=1S/C22H15BrN2O2/c1-22(2)11-16-18-17(21(27)25(16)13-9-7-12(23)8-10-13)14-5-3-4-6-15(14)24-19(18)20(22)26/h3-11H,1-2H3. The minimum Gasteiger partial charge on any atom is -0.291 e. The molecule has 3 aromatic rings. The third-order valence-electron chi connectivity index (χ3n) is 5.19. The van der Waals surface area contributed by atoms with E-state index in [9.17, 15) is 9.59 Å². The maximum Gasteiger partial charge on any atom is 0.264 e. The highest BCUT2D eigenvalue weighted by Crippen LogP contribution is 2.47. The van der Waals surface area contributed by atoms with Gasteiger partial charge in [-0.15, -0.1) is 0 Å². The molecule has 0 N–H and O–H groups in total. The molecule has 27 heavy (non-hydrogen) atoms. The summed E-state index contributed by atoms with van der Waals surface area (Å²) in [7, 11) is 0. The van der Waals surface area contributed by atoms with Crippen LogP contribution in [0.25, 0.3) is 16.6 Å². The van der Waals surface area contributed by atoms with Gasteiger partial charge in [-0.2, -0.15) is 0 Å². The maximum absolute atomic E-state index is 13.5. The quantitative estimate of drug-likeness (QED) is 0.544. The topological polar surface area (TPSA) is 50.3 Å². The first kappa shape index (κ1) is 16.4. The summed E-state index contributed by atoms with van der Waals surface area (Å²) in [5, 5.41) is 0.777. The highest BCUT2D eigenvalue weighted by atomic mass is 79.9. The Labute approximate surface area is 164 Å². The summed E-state index contributed by atoms with van der Waals surface area (Å²) in [5.74, 6) is -0.178. The number of fused-ring (bicyclic) bond motifs is 2. The lowest BCUT2D eigenvalue weighted by Gasteiger charge is -2.28. The Kier molecular flexibility index (Phi) is 3.25. The van der Waals surface area contributed by atoms with Crippen LogP contribution in [0, 0.1) is 5.41 Å². The summed E-state index contributed by atoms with van der Waals surface area (Å²) in [6, 6.07) is 15.1. The number of para-hydroxylation sites is 1. The summed E-state index contributed by atoms with van der Waals surface area (Å²) >= 11 is 3.44. The Morgan fingerprint density at radius 1 is 0.963 bits per heavy atom. The van der Waals surface area contributed by atoms with Crippen LogP contribution in [-0.2, 0) is 0 Å². The van der Waals surface area contributed by atoms with Gasteiger partial charge in [-0.25, -0.2) is 4.98 Å². The van der Waals surface area contributed by atoms with Gasteiger partial charge in [0.15, 0.2) is 5.78 Å². The second-order valence-corrected chi connectivity index (χ2v) is 8.34. The number of aromatic nitrogens is 1. The van der Waals surface area contributed by atoms with E-state index in [1.54, 1.807) is 4.90 Å². The summed E-state index contributed by atoms with van der Waals surface area (Å²) in [5.41, 5.74) is 3.07. The van der Waals surface area contributed by atoms with Crippen LogP contribution >= 0.6 is 15.9 Å². The van der Waals surface area contributed by atoms with Crippen LogP contribution in [0.2, 0.25) is 0 Å². The molecule has 0 saturated carbocycles. The van der Waals surface area contributed by atoms with Gasteiger partial charge >= 0.3 is 0 Å². The third-order valence-corrected chi connectivity index (χ3v) is 5.72. The number of hydrogen-bond donors (Lipinski definition) is 0. The summed E-state index contributed by atoms with van der Waals surface area (Å²) < 4.78 is 0.941. The number of pyridine rings is 1. The molecule has 2 heterocycles. The first-order valence-corrected chi connectivity index (χ1v) is 9.48. The summed E-state index contributed by atoms with van der Waals surface area (Å²) in [4.78, 5) is 32.9. The molecular weight excluding hydrogens is 404 g/mol. The van der Waals surface area contributed by atoms with E-state index in [1.165, 1.54) is 0 Å². The molecule has 132 valence electrons. The van der Waals surface area contributed by atoms with Crippen molar-refractivity contribution in [3.05, 3.63) is 75.9 Å². The third kappa shape index (κ3) is 2.18. The van der Waals surface area contributed by atoms with Crippen molar-refractivity contribution in [1.82, 2.24) is 4.98 Å². The van der Waals surface area contributed by atoms with Crippen molar-refractivity contribution in [2.24, 2.45) is 5.41 Å². The van der Waals surface area contributed by atoms with E-state index in [2.05, 4.69) is 20.9 Å². The van der Waals surface area contributed by atoms with Crippen LogP contribution < -0.4 is 4.90 Å². The molecule has 0 bridgehead atoms. The van der Waals surface area contributed by atoms with Gasteiger partial charge in [-0.1, -0.05) is 34.1 Å². The number of anilines is 1. The van der Waals surface area contributed by atoms with Crippen molar-refractivity contribution >= 4 is 49.9 Å². The van der Waals surface area contributed by atoms with E-state index in [0.717, 1.165) is 21.2 Å². The van der Waals surface area contributed by atoms with Gasteiger partial charge in [0, 0.05) is 26.5 Å².